The van der Waals surface area contributed by atoms with Crippen molar-refractivity contribution in [1.82, 2.24) is 19.9 Å². The van der Waals surface area contributed by atoms with Crippen molar-refractivity contribution < 1.29 is 28.3 Å². The van der Waals surface area contributed by atoms with Crippen LogP contribution in [0.3, 0.4) is 0 Å². The maximum absolute atomic E-state index is 12.7. The third kappa shape index (κ3) is 4.21. The van der Waals surface area contributed by atoms with Crippen LogP contribution in [-0.4, -0.2) is 72.2 Å². The molecular formula is C22H28N4O6. The Morgan fingerprint density at radius 2 is 1.66 bits per heavy atom. The number of amides is 2. The van der Waals surface area contributed by atoms with Crippen LogP contribution in [0.2, 0.25) is 0 Å². The molecule has 0 bridgehead atoms. The first-order valence-electron chi connectivity index (χ1n) is 10.8. The second kappa shape index (κ2) is 9.46. The standard InChI is InChI=1S/C22H28N4O6/c1-29-16-11-14(12-17(30-2)19(16)31-3)20-23-18(32-24-20)13-25-9-10-26(22(28)21(25)27)15-7-5-4-6-8-15/h11-12,15H,4-10,13H2,1-3H3. The van der Waals surface area contributed by atoms with Crippen LogP contribution in [-0.2, 0) is 16.1 Å². The van der Waals surface area contributed by atoms with Gasteiger partial charge in [-0.25, -0.2) is 0 Å². The normalized spacial score (nSPS) is 17.6. The summed E-state index contributed by atoms with van der Waals surface area (Å²) in [5.41, 5.74) is 0.610. The molecule has 2 fully saturated rings. The van der Waals surface area contributed by atoms with E-state index in [1.54, 1.807) is 17.0 Å². The van der Waals surface area contributed by atoms with Crippen LogP contribution in [0.4, 0.5) is 0 Å². The van der Waals surface area contributed by atoms with Crippen LogP contribution < -0.4 is 14.2 Å². The van der Waals surface area contributed by atoms with E-state index in [9.17, 15) is 9.59 Å². The molecule has 2 aromatic rings. The minimum absolute atomic E-state index is 0.0838. The van der Waals surface area contributed by atoms with E-state index in [2.05, 4.69) is 10.1 Å². The van der Waals surface area contributed by atoms with Crippen molar-refractivity contribution in [2.75, 3.05) is 34.4 Å². The molecule has 10 heteroatoms. The van der Waals surface area contributed by atoms with Crippen molar-refractivity contribution in [2.24, 2.45) is 0 Å². The SMILES string of the molecule is COc1cc(-c2noc(CN3CCN(C4CCCCC4)C(=O)C3=O)n2)cc(OC)c1OC. The number of carbonyl (C=O) groups excluding carboxylic acids is 2. The Morgan fingerprint density at radius 1 is 0.969 bits per heavy atom. The van der Waals surface area contributed by atoms with E-state index in [1.165, 1.54) is 32.7 Å². The van der Waals surface area contributed by atoms with Crippen molar-refractivity contribution in [1.29, 1.82) is 0 Å². The van der Waals surface area contributed by atoms with E-state index in [4.69, 9.17) is 18.7 Å². The van der Waals surface area contributed by atoms with Gasteiger partial charge in [-0.05, 0) is 25.0 Å². The summed E-state index contributed by atoms with van der Waals surface area (Å²) in [5, 5.41) is 4.02. The Balaban J connectivity index is 1.47. The third-order valence-corrected chi connectivity index (χ3v) is 6.07. The van der Waals surface area contributed by atoms with E-state index in [-0.39, 0.29) is 18.5 Å². The molecule has 1 saturated heterocycles. The Labute approximate surface area is 186 Å². The maximum atomic E-state index is 12.7. The van der Waals surface area contributed by atoms with Gasteiger partial charge in [0.2, 0.25) is 17.5 Å². The number of hydrogen-bond donors (Lipinski definition) is 0. The van der Waals surface area contributed by atoms with Crippen molar-refractivity contribution in [3.8, 4) is 28.6 Å². The molecule has 2 heterocycles. The summed E-state index contributed by atoms with van der Waals surface area (Å²) in [7, 11) is 4.58. The lowest BCUT2D eigenvalue weighted by Crippen LogP contribution is -2.57. The number of carbonyl (C=O) groups is 2. The lowest BCUT2D eigenvalue weighted by atomic mass is 9.93. The number of piperazine rings is 1. The van der Waals surface area contributed by atoms with Gasteiger partial charge in [-0.3, -0.25) is 9.59 Å². The van der Waals surface area contributed by atoms with Gasteiger partial charge in [-0.1, -0.05) is 24.4 Å². The van der Waals surface area contributed by atoms with Crippen molar-refractivity contribution in [3.63, 3.8) is 0 Å². The van der Waals surface area contributed by atoms with Crippen molar-refractivity contribution in [3.05, 3.63) is 18.0 Å². The molecule has 1 aliphatic heterocycles. The summed E-state index contributed by atoms with van der Waals surface area (Å²) < 4.78 is 21.4. The average Bonchev–Trinajstić information content (AvgIpc) is 3.30. The highest BCUT2D eigenvalue weighted by atomic mass is 16.5. The fraction of sp³-hybridized carbons (Fsp3) is 0.545. The molecule has 1 saturated carbocycles. The number of aromatic nitrogens is 2. The molecule has 1 aliphatic carbocycles. The van der Waals surface area contributed by atoms with Gasteiger partial charge in [0, 0.05) is 24.7 Å². The highest BCUT2D eigenvalue weighted by Gasteiger charge is 2.37. The zero-order chi connectivity index (χ0) is 22.7. The maximum Gasteiger partial charge on any atom is 0.312 e. The number of nitrogens with zero attached hydrogens (tertiary/aromatic N) is 4. The summed E-state index contributed by atoms with van der Waals surface area (Å²) in [6, 6.07) is 3.61. The molecule has 1 aromatic carbocycles. The first kappa shape index (κ1) is 21.9. The number of benzene rings is 1. The Kier molecular flexibility index (Phi) is 6.48. The highest BCUT2D eigenvalue weighted by Crippen LogP contribution is 2.40. The molecule has 1 aromatic heterocycles. The summed E-state index contributed by atoms with van der Waals surface area (Å²) in [6.07, 6.45) is 5.36. The van der Waals surface area contributed by atoms with Gasteiger partial charge in [0.05, 0.1) is 21.3 Å². The van der Waals surface area contributed by atoms with Crippen LogP contribution in [0.15, 0.2) is 16.7 Å². The topological polar surface area (TPSA) is 107 Å². The molecule has 0 atom stereocenters. The molecule has 0 spiro atoms. The van der Waals surface area contributed by atoms with Crippen LogP contribution in [0.1, 0.15) is 38.0 Å². The van der Waals surface area contributed by atoms with E-state index < -0.39 is 11.8 Å². The number of rotatable bonds is 7. The Hall–Kier alpha value is -3.30. The van der Waals surface area contributed by atoms with Gasteiger partial charge in [-0.2, -0.15) is 4.98 Å². The molecule has 172 valence electrons. The van der Waals surface area contributed by atoms with E-state index in [1.807, 2.05) is 0 Å². The van der Waals surface area contributed by atoms with Crippen LogP contribution in [0.25, 0.3) is 11.4 Å². The molecule has 0 radical (unpaired) electrons. The van der Waals surface area contributed by atoms with Crippen molar-refractivity contribution >= 4 is 11.8 Å². The van der Waals surface area contributed by atoms with Gasteiger partial charge in [-0.15, -0.1) is 0 Å². The van der Waals surface area contributed by atoms with Crippen LogP contribution in [0.5, 0.6) is 17.2 Å². The molecule has 0 N–H and O–H groups in total. The molecule has 2 amide bonds. The highest BCUT2D eigenvalue weighted by molar-refractivity contribution is 6.35. The zero-order valence-electron chi connectivity index (χ0n) is 18.6. The average molecular weight is 444 g/mol. The summed E-state index contributed by atoms with van der Waals surface area (Å²) in [5.74, 6) is 1.00. The molecule has 2 aliphatic rings. The first-order valence-corrected chi connectivity index (χ1v) is 10.8. The molecule has 32 heavy (non-hydrogen) atoms. The van der Waals surface area contributed by atoms with Crippen LogP contribution in [0, 0.1) is 0 Å². The molecular weight excluding hydrogens is 416 g/mol. The predicted molar refractivity (Wildman–Crippen MR) is 113 cm³/mol. The molecule has 4 rings (SSSR count). The monoisotopic (exact) mass is 444 g/mol. The second-order valence-corrected chi connectivity index (χ2v) is 7.94. The molecule has 0 unspecified atom stereocenters. The number of hydrogen-bond acceptors (Lipinski definition) is 8. The summed E-state index contributed by atoms with van der Waals surface area (Å²) in [4.78, 5) is 33.0. The quantitative estimate of drug-likeness (QED) is 0.599. The van der Waals surface area contributed by atoms with Gasteiger partial charge in [0.1, 0.15) is 6.54 Å². The Bertz CT molecular complexity index is 960. The Morgan fingerprint density at radius 3 is 2.28 bits per heavy atom. The van der Waals surface area contributed by atoms with Gasteiger partial charge < -0.3 is 28.5 Å². The van der Waals surface area contributed by atoms with E-state index >= 15 is 0 Å². The first-order chi connectivity index (χ1) is 15.5. The molecule has 10 nitrogen and oxygen atoms in total. The van der Waals surface area contributed by atoms with Gasteiger partial charge in [0.15, 0.2) is 11.5 Å². The lowest BCUT2D eigenvalue weighted by molar-refractivity contribution is -0.158. The lowest BCUT2D eigenvalue weighted by Gasteiger charge is -2.39. The predicted octanol–water partition coefficient (Wildman–Crippen LogP) is 2.27. The number of methoxy groups -OCH3 is 3. The summed E-state index contributed by atoms with van der Waals surface area (Å²) >= 11 is 0. The fourth-order valence-corrected chi connectivity index (χ4v) is 4.39. The minimum Gasteiger partial charge on any atom is -0.493 e. The smallest absolute Gasteiger partial charge is 0.312 e. The zero-order valence-corrected chi connectivity index (χ0v) is 18.6. The van der Waals surface area contributed by atoms with Gasteiger partial charge in [0.25, 0.3) is 0 Å². The van der Waals surface area contributed by atoms with Gasteiger partial charge >= 0.3 is 11.8 Å². The van der Waals surface area contributed by atoms with Crippen LogP contribution >= 0.6 is 0 Å². The second-order valence-electron chi connectivity index (χ2n) is 7.94. The summed E-state index contributed by atoms with van der Waals surface area (Å²) in [6.45, 7) is 1.06. The fourth-order valence-electron chi connectivity index (χ4n) is 4.39. The minimum atomic E-state index is -0.519. The third-order valence-electron chi connectivity index (χ3n) is 6.07. The number of ether oxygens (including phenoxy) is 3. The largest absolute Gasteiger partial charge is 0.493 e. The van der Waals surface area contributed by atoms with E-state index in [0.717, 1.165) is 25.7 Å². The van der Waals surface area contributed by atoms with E-state index in [0.29, 0.717) is 41.7 Å². The van der Waals surface area contributed by atoms with Crippen molar-refractivity contribution in [2.45, 2.75) is 44.7 Å².